The zero-order valence-corrected chi connectivity index (χ0v) is 20.2. The summed E-state index contributed by atoms with van der Waals surface area (Å²) in [7, 11) is 0. The molecule has 4 aromatic rings. The van der Waals surface area contributed by atoms with Crippen LogP contribution >= 0.6 is 0 Å². The van der Waals surface area contributed by atoms with Crippen LogP contribution in [0.3, 0.4) is 0 Å². The van der Waals surface area contributed by atoms with Gasteiger partial charge < -0.3 is 5.11 Å². The molecule has 0 aliphatic heterocycles. The topological polar surface area (TPSA) is 64.2 Å². The van der Waals surface area contributed by atoms with Gasteiger partial charge in [-0.3, -0.25) is 9.13 Å². The first-order valence-corrected chi connectivity index (χ1v) is 12.3. The predicted octanol–water partition coefficient (Wildman–Crippen LogP) is 6.23. The number of benzene rings is 3. The van der Waals surface area contributed by atoms with Gasteiger partial charge in [-0.15, -0.1) is 0 Å². The largest absolute Gasteiger partial charge is 0.478 e. The van der Waals surface area contributed by atoms with E-state index in [0.29, 0.717) is 18.7 Å². The lowest BCUT2D eigenvalue weighted by Crippen LogP contribution is -2.26. The highest BCUT2D eigenvalue weighted by Gasteiger charge is 2.14. The maximum absolute atomic E-state index is 13.4. The lowest BCUT2D eigenvalue weighted by atomic mass is 9.99. The Balaban J connectivity index is 1.59. The summed E-state index contributed by atoms with van der Waals surface area (Å²) in [5.74, 6) is -0.941. The van der Waals surface area contributed by atoms with Gasteiger partial charge in [-0.25, -0.2) is 9.59 Å². The number of carboxylic acid groups (broad SMARTS) is 1. The van der Waals surface area contributed by atoms with Crippen LogP contribution in [0.15, 0.2) is 89.9 Å². The van der Waals surface area contributed by atoms with E-state index in [1.165, 1.54) is 12.8 Å². The van der Waals surface area contributed by atoms with Gasteiger partial charge >= 0.3 is 11.7 Å². The second-order valence-electron chi connectivity index (χ2n) is 8.96. The first kappa shape index (κ1) is 24.3. The van der Waals surface area contributed by atoms with Gasteiger partial charge in [0.15, 0.2) is 0 Å². The van der Waals surface area contributed by atoms with Crippen molar-refractivity contribution in [3.8, 4) is 11.1 Å². The molecule has 0 saturated carbocycles. The van der Waals surface area contributed by atoms with E-state index in [4.69, 9.17) is 0 Å². The van der Waals surface area contributed by atoms with Crippen molar-refractivity contribution in [3.05, 3.63) is 118 Å². The van der Waals surface area contributed by atoms with Crippen molar-refractivity contribution in [2.24, 2.45) is 0 Å². The van der Waals surface area contributed by atoms with Crippen LogP contribution in [0.1, 0.15) is 59.8 Å². The van der Waals surface area contributed by atoms with E-state index in [2.05, 4.69) is 6.92 Å². The molecule has 0 aliphatic rings. The van der Waals surface area contributed by atoms with E-state index in [1.54, 1.807) is 12.1 Å². The number of aryl methyl sites for hydroxylation is 1. The highest BCUT2D eigenvalue weighted by Crippen LogP contribution is 2.24. The summed E-state index contributed by atoms with van der Waals surface area (Å²) in [6.45, 7) is 3.24. The summed E-state index contributed by atoms with van der Waals surface area (Å²) in [6.07, 6.45) is 7.49. The molecule has 5 heteroatoms. The molecular weight excluding hydrogens is 436 g/mol. The molecule has 35 heavy (non-hydrogen) atoms. The van der Waals surface area contributed by atoms with Crippen LogP contribution in [-0.2, 0) is 19.5 Å². The quantitative estimate of drug-likeness (QED) is 0.265. The fourth-order valence-electron chi connectivity index (χ4n) is 4.47. The number of unbranched alkanes of at least 4 members (excludes halogenated alkanes) is 3. The Bertz CT molecular complexity index is 1320. The van der Waals surface area contributed by atoms with Gasteiger partial charge in [-0.1, -0.05) is 99.0 Å². The molecule has 180 valence electrons. The molecule has 0 radical (unpaired) electrons. The number of imidazole rings is 1. The van der Waals surface area contributed by atoms with Crippen molar-refractivity contribution in [3.63, 3.8) is 0 Å². The maximum atomic E-state index is 13.4. The maximum Gasteiger partial charge on any atom is 0.336 e. The molecule has 0 fully saturated rings. The Labute approximate surface area is 206 Å². The SMILES string of the molecule is CCCCCCc1cn(Cc2ccccc2)c(=O)n1Cc1ccc(-c2ccccc2C(=O)O)cc1. The molecule has 1 N–H and O–H groups in total. The lowest BCUT2D eigenvalue weighted by Gasteiger charge is -2.10. The summed E-state index contributed by atoms with van der Waals surface area (Å²) in [6, 6.07) is 24.9. The third-order valence-electron chi connectivity index (χ3n) is 6.37. The second kappa shape index (κ2) is 11.5. The summed E-state index contributed by atoms with van der Waals surface area (Å²) in [4.78, 5) is 25.0. The van der Waals surface area contributed by atoms with Crippen LogP contribution in [0.4, 0.5) is 0 Å². The van der Waals surface area contributed by atoms with Gasteiger partial charge in [-0.05, 0) is 41.2 Å². The smallest absolute Gasteiger partial charge is 0.336 e. The summed E-state index contributed by atoms with van der Waals surface area (Å²) < 4.78 is 3.69. The first-order chi connectivity index (χ1) is 17.1. The predicted molar refractivity (Wildman–Crippen MR) is 140 cm³/mol. The van der Waals surface area contributed by atoms with Gasteiger partial charge in [0, 0.05) is 11.9 Å². The average Bonchev–Trinajstić information content (AvgIpc) is 3.16. The van der Waals surface area contributed by atoms with Gasteiger partial charge in [-0.2, -0.15) is 0 Å². The highest BCUT2D eigenvalue weighted by atomic mass is 16.4. The van der Waals surface area contributed by atoms with Crippen LogP contribution < -0.4 is 5.69 Å². The molecule has 0 saturated heterocycles. The van der Waals surface area contributed by atoms with Crippen molar-refractivity contribution < 1.29 is 9.90 Å². The summed E-state index contributed by atoms with van der Waals surface area (Å²) in [5.41, 5.74) is 4.99. The van der Waals surface area contributed by atoms with E-state index < -0.39 is 5.97 Å². The van der Waals surface area contributed by atoms with Crippen LogP contribution in [0.25, 0.3) is 11.1 Å². The third kappa shape index (κ3) is 5.99. The van der Waals surface area contributed by atoms with Crippen LogP contribution in [0.2, 0.25) is 0 Å². The molecule has 1 heterocycles. The Morgan fingerprint density at radius 2 is 1.49 bits per heavy atom. The zero-order chi connectivity index (χ0) is 24.6. The van der Waals surface area contributed by atoms with Crippen molar-refractivity contribution in [2.45, 2.75) is 52.1 Å². The lowest BCUT2D eigenvalue weighted by molar-refractivity contribution is 0.0697. The molecular formula is C30H32N2O3. The van der Waals surface area contributed by atoms with Gasteiger partial charge in [0.25, 0.3) is 0 Å². The van der Waals surface area contributed by atoms with E-state index >= 15 is 0 Å². The molecule has 3 aromatic carbocycles. The van der Waals surface area contributed by atoms with Crippen LogP contribution in [-0.4, -0.2) is 20.2 Å². The molecule has 0 unspecified atom stereocenters. The molecule has 0 spiro atoms. The minimum atomic E-state index is -0.941. The van der Waals surface area contributed by atoms with Crippen molar-refractivity contribution in [1.82, 2.24) is 9.13 Å². The number of nitrogens with zero attached hydrogens (tertiary/aromatic N) is 2. The summed E-state index contributed by atoms with van der Waals surface area (Å²) in [5, 5.41) is 9.51. The van der Waals surface area contributed by atoms with E-state index in [1.807, 2.05) is 82.1 Å². The molecule has 4 rings (SSSR count). The molecule has 5 nitrogen and oxygen atoms in total. The molecule has 1 aromatic heterocycles. The molecule has 0 bridgehead atoms. The number of hydrogen-bond acceptors (Lipinski definition) is 2. The normalized spacial score (nSPS) is 11.0. The second-order valence-corrected chi connectivity index (χ2v) is 8.96. The van der Waals surface area contributed by atoms with Gasteiger partial charge in [0.05, 0.1) is 18.7 Å². The third-order valence-corrected chi connectivity index (χ3v) is 6.37. The Morgan fingerprint density at radius 1 is 0.800 bits per heavy atom. The fourth-order valence-corrected chi connectivity index (χ4v) is 4.47. The summed E-state index contributed by atoms with van der Waals surface area (Å²) >= 11 is 0. The number of rotatable bonds is 11. The Kier molecular flexibility index (Phi) is 7.99. The number of carboxylic acids is 1. The highest BCUT2D eigenvalue weighted by molar-refractivity contribution is 5.95. The Hall–Kier alpha value is -3.86. The molecule has 0 atom stereocenters. The van der Waals surface area contributed by atoms with Crippen molar-refractivity contribution >= 4 is 5.97 Å². The number of hydrogen-bond donors (Lipinski definition) is 1. The van der Waals surface area contributed by atoms with E-state index in [-0.39, 0.29) is 11.3 Å². The van der Waals surface area contributed by atoms with E-state index in [9.17, 15) is 14.7 Å². The number of aromatic carboxylic acids is 1. The van der Waals surface area contributed by atoms with Gasteiger partial charge in [0.1, 0.15) is 0 Å². The Morgan fingerprint density at radius 3 is 2.20 bits per heavy atom. The first-order valence-electron chi connectivity index (χ1n) is 12.3. The number of carbonyl (C=O) groups is 1. The van der Waals surface area contributed by atoms with Crippen molar-refractivity contribution in [2.75, 3.05) is 0 Å². The number of aromatic nitrogens is 2. The average molecular weight is 469 g/mol. The zero-order valence-electron chi connectivity index (χ0n) is 20.2. The van der Waals surface area contributed by atoms with Crippen LogP contribution in [0.5, 0.6) is 0 Å². The van der Waals surface area contributed by atoms with Gasteiger partial charge in [0.2, 0.25) is 0 Å². The minimum absolute atomic E-state index is 0.000330. The molecule has 0 amide bonds. The molecule has 0 aliphatic carbocycles. The fraction of sp³-hybridized carbons (Fsp3) is 0.267. The van der Waals surface area contributed by atoms with E-state index in [0.717, 1.165) is 41.6 Å². The van der Waals surface area contributed by atoms with Crippen LogP contribution in [0, 0.1) is 0 Å². The standard InChI is InChI=1S/C30H32N2O3/c1-2-3-4-8-13-26-22-31(20-23-11-6-5-7-12-23)30(35)32(26)21-24-16-18-25(19-17-24)27-14-9-10-15-28(27)29(33)34/h5-7,9-12,14-19,22H,2-4,8,13,20-21H2,1H3,(H,33,34). The monoisotopic (exact) mass is 468 g/mol. The minimum Gasteiger partial charge on any atom is -0.478 e. The van der Waals surface area contributed by atoms with Crippen molar-refractivity contribution in [1.29, 1.82) is 0 Å².